The van der Waals surface area contributed by atoms with E-state index in [1.54, 1.807) is 24.5 Å². The van der Waals surface area contributed by atoms with Crippen molar-refractivity contribution in [1.82, 2.24) is 10.3 Å². The van der Waals surface area contributed by atoms with Crippen molar-refractivity contribution in [2.24, 2.45) is 5.73 Å². The molecular weight excluding hydrogens is 234 g/mol. The van der Waals surface area contributed by atoms with Crippen molar-refractivity contribution in [3.8, 4) is 0 Å². The van der Waals surface area contributed by atoms with Gasteiger partial charge < -0.3 is 16.2 Å². The summed E-state index contributed by atoms with van der Waals surface area (Å²) in [6, 6.07) is 2.72. The highest BCUT2D eigenvalue weighted by Gasteiger charge is 2.14. The van der Waals surface area contributed by atoms with E-state index in [0.717, 1.165) is 0 Å². The van der Waals surface area contributed by atoms with Gasteiger partial charge >= 0.3 is 5.97 Å². The van der Waals surface area contributed by atoms with Gasteiger partial charge in [0, 0.05) is 25.4 Å². The summed E-state index contributed by atoms with van der Waals surface area (Å²) in [5, 5.41) is 11.1. The average molecular weight is 251 g/mol. The molecule has 1 unspecified atom stereocenters. The molecule has 0 aromatic carbocycles. The number of nitrogens with zero attached hydrogens (tertiary/aromatic N) is 1. The van der Waals surface area contributed by atoms with Crippen molar-refractivity contribution in [3.63, 3.8) is 0 Å². The van der Waals surface area contributed by atoms with Crippen molar-refractivity contribution < 1.29 is 14.7 Å². The molecule has 0 aliphatic carbocycles. The van der Waals surface area contributed by atoms with Crippen molar-refractivity contribution >= 4 is 11.9 Å². The van der Waals surface area contributed by atoms with Gasteiger partial charge in [0.05, 0.1) is 0 Å². The molecule has 6 heteroatoms. The summed E-state index contributed by atoms with van der Waals surface area (Å²) in [5.41, 5.74) is 6.41. The number of pyridine rings is 1. The van der Waals surface area contributed by atoms with Gasteiger partial charge in [0.2, 0.25) is 5.91 Å². The van der Waals surface area contributed by atoms with Crippen LogP contribution in [0.15, 0.2) is 24.5 Å². The summed E-state index contributed by atoms with van der Waals surface area (Å²) in [7, 11) is 0. The zero-order chi connectivity index (χ0) is 13.4. The number of aromatic nitrogens is 1. The number of nitrogens with two attached hydrogens (primary N) is 1. The number of carboxylic acids is 1. The topological polar surface area (TPSA) is 105 Å². The van der Waals surface area contributed by atoms with E-state index in [1.807, 2.05) is 0 Å². The van der Waals surface area contributed by atoms with Gasteiger partial charge in [-0.2, -0.15) is 0 Å². The van der Waals surface area contributed by atoms with Crippen LogP contribution in [0.5, 0.6) is 0 Å². The zero-order valence-electron chi connectivity index (χ0n) is 10.0. The Hall–Kier alpha value is -1.95. The number of carbonyl (C=O) groups excluding carboxylic acids is 1. The second kappa shape index (κ2) is 7.39. The van der Waals surface area contributed by atoms with Gasteiger partial charge in [-0.25, -0.2) is 0 Å². The number of carbonyl (C=O) groups is 2. The Kier molecular flexibility index (Phi) is 5.79. The standard InChI is InChI=1S/C12H17N3O3/c13-11(9-4-3-6-14-8-9)12(18)15-7-2-1-5-10(16)17/h3-4,6,8,11H,1-2,5,7,13H2,(H,15,18)(H,16,17). The molecule has 0 saturated carbocycles. The Morgan fingerprint density at radius 2 is 2.22 bits per heavy atom. The molecule has 1 rings (SSSR count). The number of hydrogen-bond donors (Lipinski definition) is 3. The minimum atomic E-state index is -0.826. The van der Waals surface area contributed by atoms with Crippen LogP contribution in [-0.4, -0.2) is 28.5 Å². The molecule has 1 heterocycles. The Morgan fingerprint density at radius 3 is 2.83 bits per heavy atom. The first-order valence-electron chi connectivity index (χ1n) is 5.76. The molecule has 1 aromatic rings. The summed E-state index contributed by atoms with van der Waals surface area (Å²) in [6.45, 7) is 0.431. The Balaban J connectivity index is 2.26. The maximum atomic E-state index is 11.7. The molecule has 18 heavy (non-hydrogen) atoms. The fraction of sp³-hybridized carbons (Fsp3) is 0.417. The van der Waals surface area contributed by atoms with E-state index < -0.39 is 12.0 Å². The normalized spacial score (nSPS) is 11.8. The molecule has 1 aromatic heterocycles. The molecule has 0 saturated heterocycles. The lowest BCUT2D eigenvalue weighted by Crippen LogP contribution is -2.34. The highest BCUT2D eigenvalue weighted by molar-refractivity contribution is 5.82. The summed E-state index contributed by atoms with van der Waals surface area (Å²) in [6.07, 6.45) is 4.44. The maximum Gasteiger partial charge on any atom is 0.303 e. The van der Waals surface area contributed by atoms with E-state index in [1.165, 1.54) is 0 Å². The van der Waals surface area contributed by atoms with Crippen LogP contribution in [0.3, 0.4) is 0 Å². The molecule has 0 spiro atoms. The second-order valence-electron chi connectivity index (χ2n) is 3.91. The lowest BCUT2D eigenvalue weighted by atomic mass is 10.1. The lowest BCUT2D eigenvalue weighted by Gasteiger charge is -2.11. The lowest BCUT2D eigenvalue weighted by molar-refractivity contribution is -0.137. The monoisotopic (exact) mass is 251 g/mol. The van der Waals surface area contributed by atoms with Crippen LogP contribution in [0.2, 0.25) is 0 Å². The van der Waals surface area contributed by atoms with Crippen LogP contribution in [0.1, 0.15) is 30.9 Å². The number of aliphatic carboxylic acids is 1. The first-order chi connectivity index (χ1) is 8.61. The number of hydrogen-bond acceptors (Lipinski definition) is 4. The number of nitrogens with one attached hydrogen (secondary N) is 1. The Bertz CT molecular complexity index is 395. The fourth-order valence-electron chi connectivity index (χ4n) is 1.43. The van der Waals surface area contributed by atoms with Crippen LogP contribution in [0, 0.1) is 0 Å². The highest BCUT2D eigenvalue weighted by Crippen LogP contribution is 2.07. The van der Waals surface area contributed by atoms with Crippen LogP contribution < -0.4 is 11.1 Å². The maximum absolute atomic E-state index is 11.7. The predicted octanol–water partition coefficient (Wildman–Crippen LogP) is 0.452. The molecule has 1 atom stereocenters. The van der Waals surface area contributed by atoms with Crippen molar-refractivity contribution in [1.29, 1.82) is 0 Å². The first-order valence-corrected chi connectivity index (χ1v) is 5.76. The molecular formula is C12H17N3O3. The van der Waals surface area contributed by atoms with E-state index in [9.17, 15) is 9.59 Å². The summed E-state index contributed by atoms with van der Waals surface area (Å²) >= 11 is 0. The van der Waals surface area contributed by atoms with Gasteiger partial charge in [-0.15, -0.1) is 0 Å². The average Bonchev–Trinajstić information content (AvgIpc) is 2.38. The molecule has 6 nitrogen and oxygen atoms in total. The summed E-state index contributed by atoms with van der Waals surface area (Å²) in [4.78, 5) is 25.8. The third-order valence-electron chi connectivity index (χ3n) is 2.44. The zero-order valence-corrected chi connectivity index (χ0v) is 10.0. The Labute approximate surface area is 105 Å². The molecule has 1 amide bonds. The van der Waals surface area contributed by atoms with Gasteiger partial charge in [0.25, 0.3) is 0 Å². The predicted molar refractivity (Wildman–Crippen MR) is 65.7 cm³/mol. The Morgan fingerprint density at radius 1 is 1.44 bits per heavy atom. The minimum absolute atomic E-state index is 0.116. The van der Waals surface area contributed by atoms with Gasteiger partial charge in [0.15, 0.2) is 0 Å². The van der Waals surface area contributed by atoms with Crippen molar-refractivity contribution in [2.45, 2.75) is 25.3 Å². The quantitative estimate of drug-likeness (QED) is 0.610. The number of carboxylic acid groups (broad SMARTS) is 1. The van der Waals surface area contributed by atoms with E-state index in [0.29, 0.717) is 24.9 Å². The van der Waals surface area contributed by atoms with Gasteiger partial charge in [-0.3, -0.25) is 14.6 Å². The molecule has 0 aliphatic rings. The van der Waals surface area contributed by atoms with Gasteiger partial charge in [-0.05, 0) is 24.5 Å². The molecule has 98 valence electrons. The van der Waals surface area contributed by atoms with E-state index >= 15 is 0 Å². The summed E-state index contributed by atoms with van der Waals surface area (Å²) < 4.78 is 0. The van der Waals surface area contributed by atoms with E-state index in [2.05, 4.69) is 10.3 Å². The minimum Gasteiger partial charge on any atom is -0.481 e. The van der Waals surface area contributed by atoms with E-state index in [-0.39, 0.29) is 12.3 Å². The van der Waals surface area contributed by atoms with Crippen LogP contribution >= 0.6 is 0 Å². The molecule has 0 aliphatic heterocycles. The smallest absolute Gasteiger partial charge is 0.303 e. The largest absolute Gasteiger partial charge is 0.481 e. The van der Waals surface area contributed by atoms with Crippen molar-refractivity contribution in [2.75, 3.05) is 6.54 Å². The van der Waals surface area contributed by atoms with Crippen molar-refractivity contribution in [3.05, 3.63) is 30.1 Å². The molecule has 0 bridgehead atoms. The third-order valence-corrected chi connectivity index (χ3v) is 2.44. The number of unbranched alkanes of at least 4 members (excludes halogenated alkanes) is 1. The first kappa shape index (κ1) is 14.1. The second-order valence-corrected chi connectivity index (χ2v) is 3.91. The molecule has 0 fully saturated rings. The van der Waals surface area contributed by atoms with Crippen LogP contribution in [-0.2, 0) is 9.59 Å². The number of rotatable bonds is 7. The van der Waals surface area contributed by atoms with Crippen LogP contribution in [0.4, 0.5) is 0 Å². The summed E-state index contributed by atoms with van der Waals surface area (Å²) in [5.74, 6) is -1.10. The fourth-order valence-corrected chi connectivity index (χ4v) is 1.43. The van der Waals surface area contributed by atoms with Crippen LogP contribution in [0.25, 0.3) is 0 Å². The SMILES string of the molecule is NC(C(=O)NCCCCC(=O)O)c1cccnc1. The van der Waals surface area contributed by atoms with Gasteiger partial charge in [0.1, 0.15) is 6.04 Å². The molecule has 4 N–H and O–H groups in total. The highest BCUT2D eigenvalue weighted by atomic mass is 16.4. The third kappa shape index (κ3) is 4.92. The molecule has 0 radical (unpaired) electrons. The number of amides is 1. The van der Waals surface area contributed by atoms with Gasteiger partial charge in [-0.1, -0.05) is 6.07 Å². The van der Waals surface area contributed by atoms with E-state index in [4.69, 9.17) is 10.8 Å².